The zero-order valence-electron chi connectivity index (χ0n) is 21.3. The Labute approximate surface area is 245 Å². The zero-order chi connectivity index (χ0) is 28.0. The summed E-state index contributed by atoms with van der Waals surface area (Å²) in [6, 6.07) is 29.1. The molecule has 0 spiro atoms. The molecular formula is C29H26I2O6S2. The molecule has 204 valence electrons. The molecule has 4 rings (SSSR count). The summed E-state index contributed by atoms with van der Waals surface area (Å²) < 4.78 is 71.7. The van der Waals surface area contributed by atoms with Gasteiger partial charge in [0, 0.05) is 0 Å². The Morgan fingerprint density at radius 3 is 1.21 bits per heavy atom. The standard InChI is InChI=1S/C29H26I2O6S2/c1-23-9-15-27(16-10-23)31(37-39(34,35)29-19-13-25(3)14-20-29)22-21-30(26-7-5-4-6-8-26)36-38(32,33)28-17-11-24(2)12-18-28/h4-20H,1-3H3. The molecule has 0 aliphatic rings. The summed E-state index contributed by atoms with van der Waals surface area (Å²) in [5, 5.41) is 0. The Morgan fingerprint density at radius 2 is 0.821 bits per heavy atom. The number of hydrogen-bond acceptors (Lipinski definition) is 6. The van der Waals surface area contributed by atoms with Crippen molar-refractivity contribution < 1.29 is 21.9 Å². The summed E-state index contributed by atoms with van der Waals surface area (Å²) in [5.41, 5.74) is 2.85. The minimum absolute atomic E-state index is 0.0419. The van der Waals surface area contributed by atoms with Gasteiger partial charge in [-0.25, -0.2) is 0 Å². The van der Waals surface area contributed by atoms with Crippen LogP contribution in [0.4, 0.5) is 0 Å². The Hall–Kier alpha value is -2.28. The van der Waals surface area contributed by atoms with Crippen molar-refractivity contribution in [3.63, 3.8) is 0 Å². The molecule has 0 atom stereocenters. The van der Waals surface area contributed by atoms with E-state index in [4.69, 9.17) is 5.03 Å². The first-order chi connectivity index (χ1) is 18.5. The molecule has 0 heterocycles. The van der Waals surface area contributed by atoms with Gasteiger partial charge in [-0.05, 0) is 0 Å². The van der Waals surface area contributed by atoms with Crippen LogP contribution >= 0.6 is 40.5 Å². The fourth-order valence-electron chi connectivity index (χ4n) is 3.10. The van der Waals surface area contributed by atoms with Crippen LogP contribution in [0.1, 0.15) is 16.7 Å². The molecular weight excluding hydrogens is 762 g/mol. The molecule has 4 aromatic carbocycles. The summed E-state index contributed by atoms with van der Waals surface area (Å²) in [7, 11) is -8.20. The van der Waals surface area contributed by atoms with Gasteiger partial charge in [-0.15, -0.1) is 0 Å². The maximum absolute atomic E-state index is 13.2. The van der Waals surface area contributed by atoms with Crippen LogP contribution in [0.2, 0.25) is 0 Å². The summed E-state index contributed by atoms with van der Waals surface area (Å²) in [6.45, 7) is 5.67. The Bertz CT molecular complexity index is 1690. The van der Waals surface area contributed by atoms with Gasteiger partial charge >= 0.3 is 248 Å². The number of rotatable bonds is 8. The van der Waals surface area contributed by atoms with Crippen molar-refractivity contribution >= 4 is 60.7 Å². The normalized spacial score (nSPS) is 12.3. The maximum atomic E-state index is 13.2. The van der Waals surface area contributed by atoms with Crippen LogP contribution in [0.3, 0.4) is 0 Å². The van der Waals surface area contributed by atoms with Crippen molar-refractivity contribution in [2.45, 2.75) is 30.6 Å². The van der Waals surface area contributed by atoms with Gasteiger partial charge in [-0.2, -0.15) is 0 Å². The molecule has 39 heavy (non-hydrogen) atoms. The van der Waals surface area contributed by atoms with Gasteiger partial charge in [0.15, 0.2) is 0 Å². The van der Waals surface area contributed by atoms with E-state index in [0.717, 1.165) is 16.7 Å². The molecule has 0 saturated carbocycles. The van der Waals surface area contributed by atoms with E-state index >= 15 is 0 Å². The number of aryl methyl sites for hydroxylation is 3. The molecule has 0 aliphatic heterocycles. The molecule has 0 radical (unpaired) electrons. The Kier molecular flexibility index (Phi) is 9.84. The third kappa shape index (κ3) is 8.12. The van der Waals surface area contributed by atoms with Crippen LogP contribution in [-0.4, -0.2) is 16.8 Å². The van der Waals surface area contributed by atoms with E-state index < -0.39 is 60.7 Å². The van der Waals surface area contributed by atoms with Crippen LogP contribution in [0.5, 0.6) is 0 Å². The van der Waals surface area contributed by atoms with E-state index in [1.807, 2.05) is 51.1 Å². The van der Waals surface area contributed by atoms with E-state index in [1.54, 1.807) is 48.5 Å². The summed E-state index contributed by atoms with van der Waals surface area (Å²) in [6.07, 6.45) is 0. The van der Waals surface area contributed by atoms with Gasteiger partial charge in [-0.3, -0.25) is 0 Å². The Morgan fingerprint density at radius 1 is 0.487 bits per heavy atom. The fourth-order valence-corrected chi connectivity index (χ4v) is 16.2. The average molecular weight is 788 g/mol. The van der Waals surface area contributed by atoms with Gasteiger partial charge in [0.25, 0.3) is 0 Å². The topological polar surface area (TPSA) is 86.7 Å². The third-order valence-corrected chi connectivity index (χ3v) is 18.8. The number of hydrogen-bond donors (Lipinski definition) is 0. The minimum atomic E-state index is -4.10. The summed E-state index contributed by atoms with van der Waals surface area (Å²) in [4.78, 5) is 0.0844. The molecule has 0 amide bonds. The predicted molar refractivity (Wildman–Crippen MR) is 170 cm³/mol. The first-order valence-corrected chi connectivity index (χ1v) is 20.5. The van der Waals surface area contributed by atoms with Crippen LogP contribution in [0.15, 0.2) is 113 Å². The molecule has 0 aliphatic carbocycles. The molecule has 4 aromatic rings. The molecule has 0 fully saturated rings. The molecule has 0 bridgehead atoms. The van der Waals surface area contributed by atoms with Crippen LogP contribution < -0.4 is 0 Å². The van der Waals surface area contributed by atoms with Crippen LogP contribution in [0.25, 0.3) is 0 Å². The predicted octanol–water partition coefficient (Wildman–Crippen LogP) is 7.22. The van der Waals surface area contributed by atoms with Gasteiger partial charge in [0.05, 0.1) is 0 Å². The molecule has 0 N–H and O–H groups in total. The van der Waals surface area contributed by atoms with E-state index in [9.17, 15) is 16.8 Å². The molecule has 10 heteroatoms. The van der Waals surface area contributed by atoms with Crippen molar-refractivity contribution in [2.24, 2.45) is 0 Å². The average Bonchev–Trinajstić information content (AvgIpc) is 2.91. The zero-order valence-corrected chi connectivity index (χ0v) is 27.3. The van der Waals surface area contributed by atoms with Crippen molar-refractivity contribution in [2.75, 3.05) is 0 Å². The van der Waals surface area contributed by atoms with Gasteiger partial charge < -0.3 is 0 Å². The second-order valence-corrected chi connectivity index (χ2v) is 20.0. The van der Waals surface area contributed by atoms with Gasteiger partial charge in [0.1, 0.15) is 0 Å². The molecule has 6 nitrogen and oxygen atoms in total. The number of benzene rings is 4. The van der Waals surface area contributed by atoms with Crippen molar-refractivity contribution in [3.05, 3.63) is 127 Å². The van der Waals surface area contributed by atoms with E-state index in [-0.39, 0.29) is 9.79 Å². The quantitative estimate of drug-likeness (QED) is 0.139. The second-order valence-electron chi connectivity index (χ2n) is 8.44. The van der Waals surface area contributed by atoms with Crippen LogP contribution in [-0.2, 0) is 25.3 Å². The van der Waals surface area contributed by atoms with E-state index in [2.05, 4.69) is 7.85 Å². The molecule has 0 saturated heterocycles. The molecule has 0 aromatic heterocycles. The first-order valence-electron chi connectivity index (χ1n) is 11.6. The van der Waals surface area contributed by atoms with E-state index in [0.29, 0.717) is 7.14 Å². The Balaban J connectivity index is 1.73. The van der Waals surface area contributed by atoms with Crippen molar-refractivity contribution in [3.8, 4) is 7.85 Å². The van der Waals surface area contributed by atoms with E-state index in [1.165, 1.54) is 24.3 Å². The molecule has 0 unspecified atom stereocenters. The summed E-state index contributed by atoms with van der Waals surface area (Å²) >= 11 is -6.30. The second kappa shape index (κ2) is 12.9. The van der Waals surface area contributed by atoms with Gasteiger partial charge in [0.2, 0.25) is 0 Å². The van der Waals surface area contributed by atoms with Crippen molar-refractivity contribution in [1.29, 1.82) is 0 Å². The first kappa shape index (κ1) is 29.7. The monoisotopic (exact) mass is 788 g/mol. The van der Waals surface area contributed by atoms with Gasteiger partial charge in [-0.1, -0.05) is 0 Å². The fraction of sp³-hybridized carbons (Fsp3) is 0.103. The summed E-state index contributed by atoms with van der Waals surface area (Å²) in [5.74, 6) is 0. The van der Waals surface area contributed by atoms with Crippen molar-refractivity contribution in [1.82, 2.24) is 0 Å². The van der Waals surface area contributed by atoms with Crippen LogP contribution in [0, 0.1) is 35.8 Å². The SMILES string of the molecule is Cc1ccc(I(C#CI(OS(=O)(=O)c2ccc(C)cc2)c2ccccc2)OS(=O)(=O)c2ccc(C)cc2)cc1. The third-order valence-electron chi connectivity index (χ3n) is 5.26. The number of halogens is 2.